The van der Waals surface area contributed by atoms with Gasteiger partial charge >= 0.3 is 0 Å². The Balaban J connectivity index is 0. The number of guanidine groups is 1. The molecule has 9 heteroatoms. The van der Waals surface area contributed by atoms with Gasteiger partial charge in [0.05, 0.1) is 5.75 Å². The summed E-state index contributed by atoms with van der Waals surface area (Å²) in [5.74, 6) is 0.805. The molecule has 0 amide bonds. The third kappa shape index (κ3) is 13.2. The molecule has 0 aromatic carbocycles. The quantitative estimate of drug-likeness (QED) is 0.170. The van der Waals surface area contributed by atoms with Crippen molar-refractivity contribution in [1.29, 1.82) is 0 Å². The number of nitrogens with one attached hydrogen (secondary N) is 3. The van der Waals surface area contributed by atoms with Crippen molar-refractivity contribution in [3.63, 3.8) is 0 Å². The molecule has 0 radical (unpaired) electrons. The van der Waals surface area contributed by atoms with E-state index in [4.69, 9.17) is 0 Å². The summed E-state index contributed by atoms with van der Waals surface area (Å²) in [5.41, 5.74) is 0. The highest BCUT2D eigenvalue weighted by Gasteiger charge is 2.08. The number of aliphatic imine (C=N–C) groups is 1. The van der Waals surface area contributed by atoms with Gasteiger partial charge in [-0.2, -0.15) is 0 Å². The molecule has 0 saturated heterocycles. The maximum atomic E-state index is 11.3. The van der Waals surface area contributed by atoms with E-state index in [2.05, 4.69) is 46.0 Å². The number of nitrogens with zero attached hydrogens (tertiary/aromatic N) is 2. The Morgan fingerprint density at radius 1 is 1.17 bits per heavy atom. The Labute approximate surface area is 165 Å². The molecule has 0 bridgehead atoms. The van der Waals surface area contributed by atoms with Crippen LogP contribution in [0.4, 0.5) is 0 Å². The highest BCUT2D eigenvalue weighted by molar-refractivity contribution is 14.0. The number of rotatable bonds is 12. The van der Waals surface area contributed by atoms with E-state index in [1.165, 1.54) is 0 Å². The SMILES string of the molecule is CCN(CC)CCCC(C)NC(=NC)NCCNS(=O)(=O)CC.I. The lowest BCUT2D eigenvalue weighted by molar-refractivity contribution is 0.292. The normalized spacial score (nSPS) is 13.5. The van der Waals surface area contributed by atoms with E-state index in [9.17, 15) is 8.42 Å². The minimum Gasteiger partial charge on any atom is -0.355 e. The average molecular weight is 477 g/mol. The molecule has 0 aliphatic carbocycles. The highest BCUT2D eigenvalue weighted by atomic mass is 127. The van der Waals surface area contributed by atoms with Gasteiger partial charge in [-0.3, -0.25) is 4.99 Å². The lowest BCUT2D eigenvalue weighted by Crippen LogP contribution is -2.45. The van der Waals surface area contributed by atoms with E-state index in [-0.39, 0.29) is 29.7 Å². The lowest BCUT2D eigenvalue weighted by atomic mass is 10.2. The topological polar surface area (TPSA) is 85.8 Å². The van der Waals surface area contributed by atoms with Crippen LogP contribution in [0.5, 0.6) is 0 Å². The molecule has 24 heavy (non-hydrogen) atoms. The molecule has 0 spiro atoms. The van der Waals surface area contributed by atoms with E-state index < -0.39 is 10.0 Å². The summed E-state index contributed by atoms with van der Waals surface area (Å²) < 4.78 is 25.2. The predicted octanol–water partition coefficient (Wildman–Crippen LogP) is 1.22. The fourth-order valence-electron chi connectivity index (χ4n) is 2.15. The standard InChI is InChI=1S/C15H35N5O2S.HI/c1-6-20(7-2)13-9-10-14(4)19-15(16-5)17-11-12-18-23(21,22)8-3;/h14,18H,6-13H2,1-5H3,(H2,16,17,19);1H. The van der Waals surface area contributed by atoms with Gasteiger partial charge < -0.3 is 15.5 Å². The number of sulfonamides is 1. The van der Waals surface area contributed by atoms with Crippen LogP contribution in [0.2, 0.25) is 0 Å². The van der Waals surface area contributed by atoms with Crippen molar-refractivity contribution in [3.8, 4) is 0 Å². The van der Waals surface area contributed by atoms with Gasteiger partial charge in [0.1, 0.15) is 0 Å². The first kappa shape index (κ1) is 26.1. The molecule has 0 aliphatic rings. The van der Waals surface area contributed by atoms with E-state index in [1.54, 1.807) is 14.0 Å². The van der Waals surface area contributed by atoms with Crippen LogP contribution >= 0.6 is 24.0 Å². The zero-order chi connectivity index (χ0) is 17.7. The zero-order valence-corrected chi connectivity index (χ0v) is 18.9. The van der Waals surface area contributed by atoms with Gasteiger partial charge in [-0.15, -0.1) is 24.0 Å². The van der Waals surface area contributed by atoms with E-state index in [1.807, 2.05) is 0 Å². The number of hydrogen-bond acceptors (Lipinski definition) is 4. The van der Waals surface area contributed by atoms with Crippen LogP contribution in [0.1, 0.15) is 40.5 Å². The van der Waals surface area contributed by atoms with Crippen LogP contribution in [0, 0.1) is 0 Å². The third-order valence-corrected chi connectivity index (χ3v) is 5.14. The molecule has 0 saturated carbocycles. The molecule has 7 nitrogen and oxygen atoms in total. The number of hydrogen-bond donors (Lipinski definition) is 3. The maximum Gasteiger partial charge on any atom is 0.211 e. The van der Waals surface area contributed by atoms with Crippen LogP contribution < -0.4 is 15.4 Å². The molecule has 0 aromatic heterocycles. The summed E-state index contributed by atoms with van der Waals surface area (Å²) in [6, 6.07) is 0.323. The molecule has 0 heterocycles. The summed E-state index contributed by atoms with van der Waals surface area (Å²) in [5, 5.41) is 6.45. The predicted molar refractivity (Wildman–Crippen MR) is 114 cm³/mol. The van der Waals surface area contributed by atoms with Gasteiger partial charge in [0.2, 0.25) is 10.0 Å². The second kappa shape index (κ2) is 15.2. The van der Waals surface area contributed by atoms with Crippen molar-refractivity contribution < 1.29 is 8.42 Å². The fraction of sp³-hybridized carbons (Fsp3) is 0.933. The first-order chi connectivity index (χ1) is 10.9. The van der Waals surface area contributed by atoms with E-state index in [0.29, 0.717) is 25.1 Å². The summed E-state index contributed by atoms with van der Waals surface area (Å²) in [6.45, 7) is 12.3. The molecule has 3 N–H and O–H groups in total. The van der Waals surface area contributed by atoms with Gasteiger partial charge in [0.15, 0.2) is 5.96 Å². The molecule has 0 aromatic rings. The molecule has 0 rings (SSSR count). The minimum atomic E-state index is -3.13. The molecule has 1 atom stereocenters. The van der Waals surface area contributed by atoms with Crippen molar-refractivity contribution in [2.45, 2.75) is 46.6 Å². The minimum absolute atomic E-state index is 0. The van der Waals surface area contributed by atoms with Crippen LogP contribution in [0.15, 0.2) is 4.99 Å². The summed E-state index contributed by atoms with van der Waals surface area (Å²) >= 11 is 0. The molecule has 1 unspecified atom stereocenters. The number of halogens is 1. The van der Waals surface area contributed by atoms with Gasteiger partial charge in [0.25, 0.3) is 0 Å². The second-order valence-corrected chi connectivity index (χ2v) is 7.61. The average Bonchev–Trinajstić information content (AvgIpc) is 2.54. The van der Waals surface area contributed by atoms with Crippen molar-refractivity contribution in [1.82, 2.24) is 20.3 Å². The monoisotopic (exact) mass is 477 g/mol. The van der Waals surface area contributed by atoms with Crippen LogP contribution in [0.25, 0.3) is 0 Å². The van der Waals surface area contributed by atoms with Crippen molar-refractivity contribution >= 4 is 40.0 Å². The van der Waals surface area contributed by atoms with Gasteiger partial charge in [-0.05, 0) is 46.3 Å². The lowest BCUT2D eigenvalue weighted by Gasteiger charge is -2.21. The Kier molecular flexibility index (Phi) is 16.5. The maximum absolute atomic E-state index is 11.3. The zero-order valence-electron chi connectivity index (χ0n) is 15.8. The Bertz CT molecular complexity index is 428. The van der Waals surface area contributed by atoms with Gasteiger partial charge in [0, 0.05) is 26.2 Å². The molecular formula is C15H36IN5O2S. The Hall–Kier alpha value is -0.130. The van der Waals surface area contributed by atoms with Crippen LogP contribution in [-0.2, 0) is 10.0 Å². The summed E-state index contributed by atoms with van der Waals surface area (Å²) in [4.78, 5) is 6.58. The molecule has 146 valence electrons. The Morgan fingerprint density at radius 2 is 1.79 bits per heavy atom. The van der Waals surface area contributed by atoms with Gasteiger partial charge in [-0.1, -0.05) is 13.8 Å². The second-order valence-electron chi connectivity index (χ2n) is 5.51. The van der Waals surface area contributed by atoms with Gasteiger partial charge in [-0.25, -0.2) is 13.1 Å². The summed E-state index contributed by atoms with van der Waals surface area (Å²) in [7, 11) is -1.41. The smallest absolute Gasteiger partial charge is 0.211 e. The third-order valence-electron chi connectivity index (χ3n) is 3.73. The van der Waals surface area contributed by atoms with E-state index >= 15 is 0 Å². The highest BCUT2D eigenvalue weighted by Crippen LogP contribution is 1.99. The van der Waals surface area contributed by atoms with E-state index in [0.717, 1.165) is 32.5 Å². The van der Waals surface area contributed by atoms with Crippen molar-refractivity contribution in [2.75, 3.05) is 45.5 Å². The van der Waals surface area contributed by atoms with Crippen LogP contribution in [-0.4, -0.2) is 70.8 Å². The fourth-order valence-corrected chi connectivity index (χ4v) is 2.77. The Morgan fingerprint density at radius 3 is 2.29 bits per heavy atom. The molecule has 0 fully saturated rings. The molecule has 0 aliphatic heterocycles. The summed E-state index contributed by atoms with van der Waals surface area (Å²) in [6.07, 6.45) is 2.21. The first-order valence-electron chi connectivity index (χ1n) is 8.55. The molecular weight excluding hydrogens is 441 g/mol. The largest absolute Gasteiger partial charge is 0.355 e. The van der Waals surface area contributed by atoms with Crippen LogP contribution in [0.3, 0.4) is 0 Å². The van der Waals surface area contributed by atoms with Crippen molar-refractivity contribution in [3.05, 3.63) is 0 Å². The first-order valence-corrected chi connectivity index (χ1v) is 10.2. The van der Waals surface area contributed by atoms with Crippen molar-refractivity contribution in [2.24, 2.45) is 4.99 Å².